The van der Waals surface area contributed by atoms with E-state index in [0.717, 1.165) is 6.42 Å². The second kappa shape index (κ2) is 6.98. The summed E-state index contributed by atoms with van der Waals surface area (Å²) in [6, 6.07) is 4.27. The average molecular weight is 378 g/mol. The van der Waals surface area contributed by atoms with Gasteiger partial charge in [0.2, 0.25) is 21.8 Å². The predicted molar refractivity (Wildman–Crippen MR) is 91.8 cm³/mol. The minimum atomic E-state index is -4.09. The van der Waals surface area contributed by atoms with E-state index >= 15 is 0 Å². The van der Waals surface area contributed by atoms with E-state index in [4.69, 9.17) is 20.3 Å². The highest BCUT2D eigenvalue weighted by molar-refractivity contribution is 7.89. The number of benzene rings is 1. The molecule has 4 N–H and O–H groups in total. The van der Waals surface area contributed by atoms with Crippen LogP contribution in [0.15, 0.2) is 29.3 Å². The van der Waals surface area contributed by atoms with E-state index in [1.54, 1.807) is 6.07 Å². The third-order valence-corrected chi connectivity index (χ3v) is 5.06. The average Bonchev–Trinajstić information content (AvgIpc) is 3.14. The number of nitrogens with zero attached hydrogens (tertiary/aromatic N) is 2. The molecule has 2 heterocycles. The third kappa shape index (κ3) is 3.39. The zero-order valence-electron chi connectivity index (χ0n) is 14.0. The molecule has 0 spiro atoms. The molecule has 1 aromatic heterocycles. The molecule has 2 aromatic rings. The van der Waals surface area contributed by atoms with Crippen LogP contribution in [0.4, 0.5) is 0 Å². The summed E-state index contributed by atoms with van der Waals surface area (Å²) >= 11 is 0. The molecule has 26 heavy (non-hydrogen) atoms. The van der Waals surface area contributed by atoms with Crippen molar-refractivity contribution in [3.8, 4) is 17.3 Å². The quantitative estimate of drug-likeness (QED) is 0.780. The Morgan fingerprint density at radius 2 is 2.12 bits per heavy atom. The Bertz CT molecular complexity index is 955. The summed E-state index contributed by atoms with van der Waals surface area (Å²) < 4.78 is 34.8. The summed E-state index contributed by atoms with van der Waals surface area (Å²) in [6.07, 6.45) is 2.14. The fourth-order valence-electron chi connectivity index (χ4n) is 3.01. The number of carbonyl (C=O) groups is 1. The summed E-state index contributed by atoms with van der Waals surface area (Å²) in [5.41, 5.74) is 6.01. The van der Waals surface area contributed by atoms with Gasteiger partial charge in [-0.3, -0.25) is 4.79 Å². The molecule has 1 fully saturated rings. The van der Waals surface area contributed by atoms with Gasteiger partial charge in [-0.15, -0.1) is 0 Å². The molecule has 1 aliphatic rings. The summed E-state index contributed by atoms with van der Waals surface area (Å²) in [7, 11) is -2.64. The number of aromatic nitrogens is 2. The minimum Gasteiger partial charge on any atom is -0.481 e. The highest BCUT2D eigenvalue weighted by atomic mass is 32.2. The molecule has 0 saturated carbocycles. The molecular formula is C16H18N4O5S. The van der Waals surface area contributed by atoms with Gasteiger partial charge < -0.3 is 15.2 Å². The number of carbonyl (C=O) groups excluding carboxylic acids is 1. The van der Waals surface area contributed by atoms with E-state index in [9.17, 15) is 13.2 Å². The molecule has 1 aliphatic heterocycles. The second-order valence-electron chi connectivity index (χ2n) is 5.73. The Hall–Kier alpha value is -2.56. The van der Waals surface area contributed by atoms with E-state index in [-0.39, 0.29) is 27.4 Å². The van der Waals surface area contributed by atoms with Crippen LogP contribution < -0.4 is 15.6 Å². The van der Waals surface area contributed by atoms with E-state index in [2.05, 4.69) is 9.97 Å². The molecule has 1 aromatic carbocycles. The van der Waals surface area contributed by atoms with Gasteiger partial charge in [0.25, 0.3) is 0 Å². The van der Waals surface area contributed by atoms with Crippen molar-refractivity contribution in [3.05, 3.63) is 35.5 Å². The fourth-order valence-corrected chi connectivity index (χ4v) is 3.81. The molecule has 0 bridgehead atoms. The van der Waals surface area contributed by atoms with E-state index in [1.807, 2.05) is 0 Å². The molecule has 0 radical (unpaired) electrons. The zero-order chi connectivity index (χ0) is 18.9. The van der Waals surface area contributed by atoms with Gasteiger partial charge in [-0.2, -0.15) is 4.98 Å². The summed E-state index contributed by atoms with van der Waals surface area (Å²) in [5, 5.41) is 5.34. The van der Waals surface area contributed by atoms with Gasteiger partial charge >= 0.3 is 0 Å². The van der Waals surface area contributed by atoms with E-state index in [1.165, 1.54) is 25.4 Å². The van der Waals surface area contributed by atoms with Crippen molar-refractivity contribution in [2.24, 2.45) is 10.9 Å². The van der Waals surface area contributed by atoms with Crippen molar-refractivity contribution < 1.29 is 22.7 Å². The lowest BCUT2D eigenvalue weighted by molar-refractivity contribution is 0.0963. The van der Waals surface area contributed by atoms with Gasteiger partial charge in [0.15, 0.2) is 5.82 Å². The van der Waals surface area contributed by atoms with Gasteiger partial charge in [0.05, 0.1) is 23.7 Å². The smallest absolute Gasteiger partial charge is 0.249 e. The van der Waals surface area contributed by atoms with Crippen molar-refractivity contribution in [2.45, 2.75) is 23.8 Å². The first-order valence-corrected chi connectivity index (χ1v) is 9.36. The van der Waals surface area contributed by atoms with Crippen molar-refractivity contribution in [3.63, 3.8) is 0 Å². The first-order chi connectivity index (χ1) is 12.3. The Morgan fingerprint density at radius 1 is 1.35 bits per heavy atom. The minimum absolute atomic E-state index is 0.0170. The van der Waals surface area contributed by atoms with Gasteiger partial charge in [0.1, 0.15) is 0 Å². The molecule has 3 rings (SSSR count). The number of ether oxygens (including phenoxy) is 2. The first kappa shape index (κ1) is 18.2. The topological polar surface area (TPSA) is 147 Å². The molecule has 1 unspecified atom stereocenters. The number of hydrogen-bond donors (Lipinski definition) is 2. The van der Waals surface area contributed by atoms with E-state index < -0.39 is 22.0 Å². The standard InChI is InChI=1S/C16H18N4O5S/c1-24-12-6-7-19-16(20-12)9-4-5-11(26(18,22)23)14(13(9)15(17)21)10-3-2-8-25-10/h4-7,10H,2-3,8H2,1H3,(H2,17,21)(H2,18,22,23). The fraction of sp³-hybridized carbons (Fsp3) is 0.312. The number of rotatable bonds is 5. The largest absolute Gasteiger partial charge is 0.481 e. The number of amides is 1. The molecule has 0 aliphatic carbocycles. The van der Waals surface area contributed by atoms with Gasteiger partial charge in [0, 0.05) is 30.0 Å². The first-order valence-electron chi connectivity index (χ1n) is 7.81. The third-order valence-electron chi connectivity index (χ3n) is 4.09. The highest BCUT2D eigenvalue weighted by Gasteiger charge is 2.32. The summed E-state index contributed by atoms with van der Waals surface area (Å²) in [4.78, 5) is 20.4. The van der Waals surface area contributed by atoms with E-state index in [0.29, 0.717) is 18.9 Å². The van der Waals surface area contributed by atoms with Crippen LogP contribution in [-0.4, -0.2) is 38.0 Å². The number of nitrogens with two attached hydrogens (primary N) is 2. The number of primary amides is 1. The SMILES string of the molecule is COc1ccnc(-c2ccc(S(N)(=O)=O)c(C3CCCO3)c2C(N)=O)n1. The molecule has 1 saturated heterocycles. The van der Waals surface area contributed by atoms with Crippen molar-refractivity contribution in [1.29, 1.82) is 0 Å². The molecule has 10 heteroatoms. The highest BCUT2D eigenvalue weighted by Crippen LogP contribution is 2.38. The molecular weight excluding hydrogens is 360 g/mol. The van der Waals surface area contributed by atoms with Crippen LogP contribution in [0.25, 0.3) is 11.4 Å². The van der Waals surface area contributed by atoms with Gasteiger partial charge in [-0.05, 0) is 25.0 Å². The van der Waals surface area contributed by atoms with Crippen LogP contribution >= 0.6 is 0 Å². The van der Waals surface area contributed by atoms with Crippen molar-refractivity contribution >= 4 is 15.9 Å². The van der Waals surface area contributed by atoms with Gasteiger partial charge in [-0.1, -0.05) is 0 Å². The summed E-state index contributed by atoms with van der Waals surface area (Å²) in [6.45, 7) is 0.451. The Balaban J connectivity index is 2.32. The van der Waals surface area contributed by atoms with Gasteiger partial charge in [-0.25, -0.2) is 18.5 Å². The summed E-state index contributed by atoms with van der Waals surface area (Å²) in [5.74, 6) is -0.347. The van der Waals surface area contributed by atoms with Crippen LogP contribution in [0.3, 0.4) is 0 Å². The Kier molecular flexibility index (Phi) is 4.90. The lowest BCUT2D eigenvalue weighted by atomic mass is 9.94. The number of primary sulfonamides is 1. The monoisotopic (exact) mass is 378 g/mol. The van der Waals surface area contributed by atoms with Crippen LogP contribution in [-0.2, 0) is 14.8 Å². The maximum absolute atomic E-state index is 12.3. The van der Waals surface area contributed by atoms with Crippen LogP contribution in [0.1, 0.15) is 34.9 Å². The van der Waals surface area contributed by atoms with Crippen LogP contribution in [0.2, 0.25) is 0 Å². The normalized spacial score (nSPS) is 17.2. The Morgan fingerprint density at radius 3 is 2.69 bits per heavy atom. The van der Waals surface area contributed by atoms with Crippen LogP contribution in [0.5, 0.6) is 5.88 Å². The lowest BCUT2D eigenvalue weighted by Crippen LogP contribution is -2.23. The maximum Gasteiger partial charge on any atom is 0.249 e. The van der Waals surface area contributed by atoms with Crippen LogP contribution in [0, 0.1) is 0 Å². The molecule has 138 valence electrons. The lowest BCUT2D eigenvalue weighted by Gasteiger charge is -2.19. The van der Waals surface area contributed by atoms with Crippen molar-refractivity contribution in [2.75, 3.05) is 13.7 Å². The molecule has 1 amide bonds. The molecule has 9 nitrogen and oxygen atoms in total. The van der Waals surface area contributed by atoms with Crippen molar-refractivity contribution in [1.82, 2.24) is 9.97 Å². The zero-order valence-corrected chi connectivity index (χ0v) is 14.8. The number of methoxy groups -OCH3 is 1. The predicted octanol–water partition coefficient (Wildman–Crippen LogP) is 0.750. The number of sulfonamides is 1. The number of hydrogen-bond acceptors (Lipinski definition) is 7. The Labute approximate surface area is 150 Å². The molecule has 1 atom stereocenters. The second-order valence-corrected chi connectivity index (χ2v) is 7.26. The maximum atomic E-state index is 12.3.